The highest BCUT2D eigenvalue weighted by Crippen LogP contribution is 2.16. The Labute approximate surface area is 100 Å². The van der Waals surface area contributed by atoms with Gasteiger partial charge in [0.2, 0.25) is 5.88 Å². The van der Waals surface area contributed by atoms with E-state index in [1.165, 1.54) is 6.92 Å². The maximum absolute atomic E-state index is 11.4. The molecule has 0 atom stereocenters. The third-order valence-corrected chi connectivity index (χ3v) is 2.37. The van der Waals surface area contributed by atoms with Crippen LogP contribution in [0.1, 0.15) is 22.8 Å². The fourth-order valence-corrected chi connectivity index (χ4v) is 1.50. The van der Waals surface area contributed by atoms with E-state index < -0.39 is 0 Å². The third kappa shape index (κ3) is 2.91. The first-order valence-corrected chi connectivity index (χ1v) is 5.40. The lowest BCUT2D eigenvalue weighted by Gasteiger charge is -2.07. The van der Waals surface area contributed by atoms with Crippen LogP contribution in [-0.4, -0.2) is 10.8 Å². The molecule has 0 radical (unpaired) electrons. The molecule has 0 unspecified atom stereocenters. The maximum Gasteiger partial charge on any atom is 0.224 e. The zero-order chi connectivity index (χ0) is 12.1. The quantitative estimate of drug-likeness (QED) is 0.754. The minimum absolute atomic E-state index is 0.0406. The van der Waals surface area contributed by atoms with Crippen molar-refractivity contribution < 1.29 is 9.53 Å². The van der Waals surface area contributed by atoms with Crippen LogP contribution < -0.4 is 4.74 Å². The second-order valence-electron chi connectivity index (χ2n) is 3.69. The van der Waals surface area contributed by atoms with E-state index in [2.05, 4.69) is 4.98 Å². The van der Waals surface area contributed by atoms with E-state index in [1.54, 1.807) is 18.3 Å². The summed E-state index contributed by atoms with van der Waals surface area (Å²) in [5.41, 5.74) is 1.57. The Morgan fingerprint density at radius 2 is 1.94 bits per heavy atom. The molecule has 3 nitrogen and oxygen atoms in total. The van der Waals surface area contributed by atoms with E-state index >= 15 is 0 Å². The Morgan fingerprint density at radius 3 is 2.65 bits per heavy atom. The molecule has 2 aromatic rings. The Kier molecular flexibility index (Phi) is 3.50. The molecular formula is C14H13NO2. The van der Waals surface area contributed by atoms with Crippen molar-refractivity contribution in [2.75, 3.05) is 0 Å². The van der Waals surface area contributed by atoms with Crippen molar-refractivity contribution in [3.8, 4) is 5.88 Å². The van der Waals surface area contributed by atoms with Gasteiger partial charge in [0.25, 0.3) is 0 Å². The van der Waals surface area contributed by atoms with Crippen LogP contribution in [0, 0.1) is 0 Å². The molecular weight excluding hydrogens is 214 g/mol. The van der Waals surface area contributed by atoms with Crippen LogP contribution in [-0.2, 0) is 6.61 Å². The van der Waals surface area contributed by atoms with E-state index in [0.717, 1.165) is 5.56 Å². The molecule has 0 aliphatic carbocycles. The lowest BCUT2D eigenvalue weighted by atomic mass is 10.2. The SMILES string of the molecule is CC(=O)c1cccnc1OCc1ccccc1. The first-order valence-electron chi connectivity index (χ1n) is 5.40. The van der Waals surface area contributed by atoms with Crippen LogP contribution >= 0.6 is 0 Å². The van der Waals surface area contributed by atoms with Gasteiger partial charge in [-0.3, -0.25) is 4.79 Å². The molecule has 0 bridgehead atoms. The summed E-state index contributed by atoms with van der Waals surface area (Å²) < 4.78 is 5.55. The van der Waals surface area contributed by atoms with Gasteiger partial charge in [-0.1, -0.05) is 30.3 Å². The fraction of sp³-hybridized carbons (Fsp3) is 0.143. The number of nitrogens with zero attached hydrogens (tertiary/aromatic N) is 1. The summed E-state index contributed by atoms with van der Waals surface area (Å²) >= 11 is 0. The average Bonchev–Trinajstić information content (AvgIpc) is 2.38. The van der Waals surface area contributed by atoms with E-state index in [-0.39, 0.29) is 5.78 Å². The third-order valence-electron chi connectivity index (χ3n) is 2.37. The smallest absolute Gasteiger partial charge is 0.224 e. The lowest BCUT2D eigenvalue weighted by molar-refractivity contribution is 0.101. The number of carbonyl (C=O) groups is 1. The lowest BCUT2D eigenvalue weighted by Crippen LogP contribution is -2.03. The zero-order valence-electron chi connectivity index (χ0n) is 9.59. The average molecular weight is 227 g/mol. The predicted octanol–water partition coefficient (Wildman–Crippen LogP) is 2.86. The molecule has 1 heterocycles. The molecule has 3 heteroatoms. The number of hydrogen-bond acceptors (Lipinski definition) is 3. The van der Waals surface area contributed by atoms with E-state index in [4.69, 9.17) is 4.74 Å². The highest BCUT2D eigenvalue weighted by molar-refractivity contribution is 5.96. The minimum atomic E-state index is -0.0406. The van der Waals surface area contributed by atoms with Crippen molar-refractivity contribution in [3.63, 3.8) is 0 Å². The summed E-state index contributed by atoms with van der Waals surface area (Å²) in [6, 6.07) is 13.2. The Morgan fingerprint density at radius 1 is 1.18 bits per heavy atom. The Hall–Kier alpha value is -2.16. The van der Waals surface area contributed by atoms with Gasteiger partial charge in [-0.15, -0.1) is 0 Å². The minimum Gasteiger partial charge on any atom is -0.472 e. The summed E-state index contributed by atoms with van der Waals surface area (Å²) in [5, 5.41) is 0. The van der Waals surface area contributed by atoms with Crippen molar-refractivity contribution in [3.05, 3.63) is 59.8 Å². The van der Waals surface area contributed by atoms with Gasteiger partial charge in [0.15, 0.2) is 5.78 Å². The molecule has 0 aliphatic heterocycles. The number of carbonyl (C=O) groups excluding carboxylic acids is 1. The van der Waals surface area contributed by atoms with Gasteiger partial charge in [0.05, 0.1) is 5.56 Å². The van der Waals surface area contributed by atoms with Crippen LogP contribution in [0.25, 0.3) is 0 Å². The molecule has 0 N–H and O–H groups in total. The van der Waals surface area contributed by atoms with Gasteiger partial charge in [-0.2, -0.15) is 0 Å². The molecule has 17 heavy (non-hydrogen) atoms. The van der Waals surface area contributed by atoms with E-state index in [1.807, 2.05) is 30.3 Å². The fourth-order valence-electron chi connectivity index (χ4n) is 1.50. The molecule has 0 saturated heterocycles. The monoisotopic (exact) mass is 227 g/mol. The molecule has 1 aromatic carbocycles. The van der Waals surface area contributed by atoms with Crippen LogP contribution in [0.15, 0.2) is 48.7 Å². The summed E-state index contributed by atoms with van der Waals surface area (Å²) in [4.78, 5) is 15.4. The Balaban J connectivity index is 2.12. The molecule has 0 aliphatic rings. The van der Waals surface area contributed by atoms with Crippen molar-refractivity contribution in [2.24, 2.45) is 0 Å². The van der Waals surface area contributed by atoms with Crippen molar-refractivity contribution in [1.82, 2.24) is 4.98 Å². The molecule has 0 fully saturated rings. The summed E-state index contributed by atoms with van der Waals surface area (Å²) in [7, 11) is 0. The first kappa shape index (κ1) is 11.3. The molecule has 1 aromatic heterocycles. The standard InChI is InChI=1S/C14H13NO2/c1-11(16)13-8-5-9-15-14(13)17-10-12-6-3-2-4-7-12/h2-9H,10H2,1H3. The van der Waals surface area contributed by atoms with Crippen LogP contribution in [0.5, 0.6) is 5.88 Å². The van der Waals surface area contributed by atoms with Crippen LogP contribution in [0.3, 0.4) is 0 Å². The summed E-state index contributed by atoms with van der Waals surface area (Å²) in [6.45, 7) is 1.92. The van der Waals surface area contributed by atoms with Gasteiger partial charge >= 0.3 is 0 Å². The van der Waals surface area contributed by atoms with Gasteiger partial charge < -0.3 is 4.74 Å². The van der Waals surface area contributed by atoms with Crippen LogP contribution in [0.4, 0.5) is 0 Å². The number of ketones is 1. The van der Waals surface area contributed by atoms with E-state index in [9.17, 15) is 4.79 Å². The van der Waals surface area contributed by atoms with Crippen molar-refractivity contribution in [1.29, 1.82) is 0 Å². The number of rotatable bonds is 4. The topological polar surface area (TPSA) is 39.2 Å². The molecule has 2 rings (SSSR count). The summed E-state index contributed by atoms with van der Waals surface area (Å²) in [5.74, 6) is 0.352. The highest BCUT2D eigenvalue weighted by Gasteiger charge is 2.08. The van der Waals surface area contributed by atoms with Crippen molar-refractivity contribution >= 4 is 5.78 Å². The highest BCUT2D eigenvalue weighted by atomic mass is 16.5. The van der Waals surface area contributed by atoms with Gasteiger partial charge in [0, 0.05) is 6.20 Å². The second kappa shape index (κ2) is 5.25. The predicted molar refractivity (Wildman–Crippen MR) is 65.0 cm³/mol. The van der Waals surface area contributed by atoms with Gasteiger partial charge in [-0.25, -0.2) is 4.98 Å². The number of Topliss-reactive ketones (excluding diaryl/α,β-unsaturated/α-hetero) is 1. The number of benzene rings is 1. The molecule has 0 saturated carbocycles. The second-order valence-corrected chi connectivity index (χ2v) is 3.69. The van der Waals surface area contributed by atoms with Crippen molar-refractivity contribution in [2.45, 2.75) is 13.5 Å². The van der Waals surface area contributed by atoms with Gasteiger partial charge in [0.1, 0.15) is 6.61 Å². The Bertz CT molecular complexity index is 509. The maximum atomic E-state index is 11.4. The first-order chi connectivity index (χ1) is 8.27. The molecule has 0 amide bonds. The number of pyridine rings is 1. The molecule has 86 valence electrons. The number of hydrogen-bond donors (Lipinski definition) is 0. The zero-order valence-corrected chi connectivity index (χ0v) is 9.59. The molecule has 0 spiro atoms. The number of ether oxygens (including phenoxy) is 1. The largest absolute Gasteiger partial charge is 0.472 e. The van der Waals surface area contributed by atoms with Gasteiger partial charge in [-0.05, 0) is 24.6 Å². The number of aromatic nitrogens is 1. The van der Waals surface area contributed by atoms with Crippen LogP contribution in [0.2, 0.25) is 0 Å². The van der Waals surface area contributed by atoms with E-state index in [0.29, 0.717) is 18.1 Å². The normalized spacial score (nSPS) is 9.94. The summed E-state index contributed by atoms with van der Waals surface area (Å²) in [6.07, 6.45) is 1.62.